The summed E-state index contributed by atoms with van der Waals surface area (Å²) in [5.74, 6) is 0. The predicted octanol–water partition coefficient (Wildman–Crippen LogP) is 4.26. The van der Waals surface area contributed by atoms with Crippen LogP contribution in [-0.2, 0) is 38.9 Å². The molecule has 0 spiro atoms. The fraction of sp³-hybridized carbons (Fsp3) is 0.324. The first kappa shape index (κ1) is 31.1. The molecular weight excluding hydrogens is 562 g/mol. The SMILES string of the molecule is Cc1cn([C@@H]2O[C@](CC/C=N\OCc3ccccc3)(COCc3ccccc3)[C@@H](OCc3ccccc3)[C@H]2O)c(=O)[nH]c1=O. The van der Waals surface area contributed by atoms with E-state index in [9.17, 15) is 14.7 Å². The second-order valence-corrected chi connectivity index (χ2v) is 10.8. The largest absolute Gasteiger partial charge is 0.391 e. The lowest BCUT2D eigenvalue weighted by atomic mass is 9.90. The number of nitrogens with one attached hydrogen (secondary N) is 1. The molecule has 5 rings (SSSR count). The van der Waals surface area contributed by atoms with E-state index < -0.39 is 35.3 Å². The Hall–Kier alpha value is -4.35. The minimum absolute atomic E-state index is 0.0602. The van der Waals surface area contributed by atoms with Gasteiger partial charge in [0.05, 0.1) is 19.8 Å². The lowest BCUT2D eigenvalue weighted by Gasteiger charge is -2.34. The van der Waals surface area contributed by atoms with Gasteiger partial charge in [0.15, 0.2) is 6.23 Å². The highest BCUT2D eigenvalue weighted by molar-refractivity contribution is 5.56. The smallest absolute Gasteiger partial charge is 0.330 e. The van der Waals surface area contributed by atoms with Crippen molar-refractivity contribution in [2.45, 2.75) is 63.6 Å². The summed E-state index contributed by atoms with van der Waals surface area (Å²) in [7, 11) is 0. The topological polar surface area (TPSA) is 124 Å². The van der Waals surface area contributed by atoms with Crippen LogP contribution in [0.2, 0.25) is 0 Å². The summed E-state index contributed by atoms with van der Waals surface area (Å²) in [5.41, 5.74) is 0.822. The number of aromatic nitrogens is 2. The molecule has 10 heteroatoms. The Morgan fingerprint density at radius 2 is 1.50 bits per heavy atom. The van der Waals surface area contributed by atoms with Crippen molar-refractivity contribution >= 4 is 6.21 Å². The van der Waals surface area contributed by atoms with E-state index in [0.717, 1.165) is 16.7 Å². The van der Waals surface area contributed by atoms with Crippen molar-refractivity contribution in [2.24, 2.45) is 5.16 Å². The van der Waals surface area contributed by atoms with E-state index in [4.69, 9.17) is 19.0 Å². The van der Waals surface area contributed by atoms with Crippen LogP contribution >= 0.6 is 0 Å². The molecule has 0 amide bonds. The molecule has 1 aromatic heterocycles. The van der Waals surface area contributed by atoms with E-state index in [-0.39, 0.29) is 13.2 Å². The number of benzene rings is 3. The fourth-order valence-electron chi connectivity index (χ4n) is 5.25. The van der Waals surface area contributed by atoms with E-state index >= 15 is 0 Å². The second-order valence-electron chi connectivity index (χ2n) is 10.8. The summed E-state index contributed by atoms with van der Waals surface area (Å²) in [6.45, 7) is 2.49. The fourth-order valence-corrected chi connectivity index (χ4v) is 5.25. The molecule has 230 valence electrons. The van der Waals surface area contributed by atoms with Crippen LogP contribution in [0.1, 0.15) is 41.3 Å². The number of aromatic amines is 1. The molecule has 1 fully saturated rings. The third-order valence-electron chi connectivity index (χ3n) is 7.55. The standard InChI is InChI=1S/C34H37N3O7/c1-25-20-37(33(40)36-31(25)39)32-29(38)30(42-22-27-14-7-3-8-15-27)34(44-32,24-41-21-26-12-5-2-6-13-26)18-11-19-35-43-23-28-16-9-4-10-17-28/h2-10,12-17,19-20,29-30,32,38H,11,18,21-24H2,1H3,(H,36,39,40)/b35-19-/t29-,30+,32-,34-/m1/s1. The number of hydrogen-bond donors (Lipinski definition) is 2. The third-order valence-corrected chi connectivity index (χ3v) is 7.55. The van der Waals surface area contributed by atoms with E-state index in [1.54, 1.807) is 13.1 Å². The van der Waals surface area contributed by atoms with Crippen molar-refractivity contribution in [1.82, 2.24) is 9.55 Å². The normalized spacial score (nSPS) is 21.5. The lowest BCUT2D eigenvalue weighted by Crippen LogP contribution is -2.48. The average molecular weight is 600 g/mol. The molecule has 0 radical (unpaired) electrons. The molecule has 0 unspecified atom stereocenters. The van der Waals surface area contributed by atoms with Crippen molar-refractivity contribution in [3.8, 4) is 0 Å². The first-order valence-corrected chi connectivity index (χ1v) is 14.6. The van der Waals surface area contributed by atoms with Gasteiger partial charge in [-0.2, -0.15) is 0 Å². The molecule has 1 saturated heterocycles. The zero-order chi connectivity index (χ0) is 30.8. The minimum atomic E-state index is -1.26. The molecule has 3 aromatic carbocycles. The Morgan fingerprint density at radius 3 is 2.14 bits per heavy atom. The minimum Gasteiger partial charge on any atom is -0.391 e. The van der Waals surface area contributed by atoms with Crippen LogP contribution in [0.4, 0.5) is 0 Å². The van der Waals surface area contributed by atoms with Crippen molar-refractivity contribution < 1.29 is 24.2 Å². The van der Waals surface area contributed by atoms with Crippen LogP contribution in [-0.4, -0.2) is 45.3 Å². The summed E-state index contributed by atoms with van der Waals surface area (Å²) in [6, 6.07) is 29.0. The Kier molecular flexibility index (Phi) is 10.5. The molecule has 44 heavy (non-hydrogen) atoms. The maximum absolute atomic E-state index is 12.9. The number of aliphatic hydroxyl groups is 1. The van der Waals surface area contributed by atoms with Gasteiger partial charge in [0.25, 0.3) is 5.56 Å². The molecule has 2 N–H and O–H groups in total. The van der Waals surface area contributed by atoms with E-state index in [1.165, 1.54) is 10.8 Å². The van der Waals surface area contributed by atoms with Crippen molar-refractivity contribution in [3.63, 3.8) is 0 Å². The third kappa shape index (κ3) is 7.78. The maximum atomic E-state index is 12.9. The van der Waals surface area contributed by atoms with Gasteiger partial charge in [-0.15, -0.1) is 0 Å². The molecule has 0 bridgehead atoms. The van der Waals surface area contributed by atoms with E-state index in [2.05, 4.69) is 10.1 Å². The van der Waals surface area contributed by atoms with Gasteiger partial charge in [0, 0.05) is 18.0 Å². The quantitative estimate of drug-likeness (QED) is 0.164. The van der Waals surface area contributed by atoms with Gasteiger partial charge in [-0.1, -0.05) is 96.2 Å². The van der Waals surface area contributed by atoms with Crippen molar-refractivity contribution in [1.29, 1.82) is 0 Å². The molecule has 0 saturated carbocycles. The first-order chi connectivity index (χ1) is 21.4. The van der Waals surface area contributed by atoms with Crippen LogP contribution in [0.5, 0.6) is 0 Å². The van der Waals surface area contributed by atoms with Crippen LogP contribution in [0.3, 0.4) is 0 Å². The van der Waals surface area contributed by atoms with Gasteiger partial charge < -0.3 is 24.2 Å². The van der Waals surface area contributed by atoms with Crippen LogP contribution in [0.15, 0.2) is 112 Å². The number of rotatable bonds is 14. The lowest BCUT2D eigenvalue weighted by molar-refractivity contribution is -0.160. The number of hydrogen-bond acceptors (Lipinski definition) is 8. The summed E-state index contributed by atoms with van der Waals surface area (Å²) >= 11 is 0. The zero-order valence-electron chi connectivity index (χ0n) is 24.6. The monoisotopic (exact) mass is 599 g/mol. The number of oxime groups is 1. The van der Waals surface area contributed by atoms with Gasteiger partial charge in [-0.05, 0) is 36.5 Å². The van der Waals surface area contributed by atoms with Gasteiger partial charge >= 0.3 is 5.69 Å². The number of ether oxygens (including phenoxy) is 3. The Balaban J connectivity index is 1.40. The molecule has 1 aliphatic heterocycles. The number of nitrogens with zero attached hydrogens (tertiary/aromatic N) is 2. The Bertz CT molecular complexity index is 1610. The highest BCUT2D eigenvalue weighted by Gasteiger charge is 2.56. The molecule has 10 nitrogen and oxygen atoms in total. The highest BCUT2D eigenvalue weighted by Crippen LogP contribution is 2.42. The highest BCUT2D eigenvalue weighted by atomic mass is 16.6. The first-order valence-electron chi connectivity index (χ1n) is 14.6. The predicted molar refractivity (Wildman–Crippen MR) is 165 cm³/mol. The molecule has 2 heterocycles. The van der Waals surface area contributed by atoms with Gasteiger partial charge in [-0.25, -0.2) is 4.79 Å². The summed E-state index contributed by atoms with van der Waals surface area (Å²) in [4.78, 5) is 32.7. The summed E-state index contributed by atoms with van der Waals surface area (Å²) in [6.07, 6.45) is 0.510. The number of aryl methyl sites for hydroxylation is 1. The number of aliphatic hydroxyl groups excluding tert-OH is 1. The molecule has 1 aliphatic rings. The Morgan fingerprint density at radius 1 is 0.909 bits per heavy atom. The van der Waals surface area contributed by atoms with Crippen LogP contribution in [0.25, 0.3) is 0 Å². The maximum Gasteiger partial charge on any atom is 0.330 e. The second kappa shape index (κ2) is 14.9. The molecule has 0 aliphatic carbocycles. The molecule has 4 atom stereocenters. The van der Waals surface area contributed by atoms with Crippen molar-refractivity contribution in [2.75, 3.05) is 6.61 Å². The van der Waals surface area contributed by atoms with Gasteiger partial charge in [0.1, 0.15) is 24.4 Å². The molecular formula is C34H37N3O7. The molecule has 4 aromatic rings. The van der Waals surface area contributed by atoms with Gasteiger partial charge in [0.2, 0.25) is 0 Å². The average Bonchev–Trinajstić information content (AvgIpc) is 3.31. The van der Waals surface area contributed by atoms with Gasteiger partial charge in [-0.3, -0.25) is 14.3 Å². The zero-order valence-corrected chi connectivity index (χ0v) is 24.6. The summed E-state index contributed by atoms with van der Waals surface area (Å²) in [5, 5.41) is 15.8. The van der Waals surface area contributed by atoms with E-state index in [0.29, 0.717) is 31.6 Å². The summed E-state index contributed by atoms with van der Waals surface area (Å²) < 4.78 is 20.4. The van der Waals surface area contributed by atoms with Crippen LogP contribution in [0, 0.1) is 6.92 Å². The number of H-pyrrole nitrogens is 1. The Labute approximate surface area is 255 Å². The van der Waals surface area contributed by atoms with Crippen molar-refractivity contribution in [3.05, 3.63) is 140 Å². The van der Waals surface area contributed by atoms with Crippen LogP contribution < -0.4 is 11.2 Å². The van der Waals surface area contributed by atoms with E-state index in [1.807, 2.05) is 91.0 Å².